The summed E-state index contributed by atoms with van der Waals surface area (Å²) >= 11 is 0. The summed E-state index contributed by atoms with van der Waals surface area (Å²) in [5, 5.41) is 13.3. The number of fused-ring (bicyclic) bond motifs is 2. The zero-order chi connectivity index (χ0) is 38.2. The molecule has 0 saturated heterocycles. The highest BCUT2D eigenvalue weighted by Gasteiger charge is 2.12. The van der Waals surface area contributed by atoms with Crippen molar-refractivity contribution < 1.29 is 13.9 Å². The Morgan fingerprint density at radius 2 is 0.673 bits per heavy atom. The Bertz CT molecular complexity index is 1650. The molecule has 0 atom stereocenters. The van der Waals surface area contributed by atoms with Gasteiger partial charge >= 0.3 is 0 Å². The van der Waals surface area contributed by atoms with Gasteiger partial charge in [0.15, 0.2) is 0 Å². The number of hydrogen-bond acceptors (Lipinski definition) is 5. The van der Waals surface area contributed by atoms with Gasteiger partial charge in [-0.1, -0.05) is 179 Å². The molecule has 1 aromatic heterocycles. The lowest BCUT2D eigenvalue weighted by Crippen LogP contribution is -1.97. The van der Waals surface area contributed by atoms with Crippen molar-refractivity contribution in [3.8, 4) is 34.4 Å². The van der Waals surface area contributed by atoms with Crippen LogP contribution in [0.3, 0.4) is 0 Å². The second-order valence-electron chi connectivity index (χ2n) is 15.8. The van der Waals surface area contributed by atoms with Crippen molar-refractivity contribution in [3.63, 3.8) is 0 Å². The van der Waals surface area contributed by atoms with Crippen LogP contribution < -0.4 is 9.47 Å². The van der Waals surface area contributed by atoms with E-state index in [0.717, 1.165) is 70.2 Å². The molecule has 0 N–H and O–H groups in total. The third-order valence-corrected chi connectivity index (χ3v) is 11.1. The molecule has 4 aromatic carbocycles. The summed E-state index contributed by atoms with van der Waals surface area (Å²) in [6, 6.07) is 25.2. The third kappa shape index (κ3) is 15.3. The summed E-state index contributed by atoms with van der Waals surface area (Å²) in [6.07, 6.45) is 32.4. The van der Waals surface area contributed by atoms with E-state index in [1.807, 2.05) is 12.1 Å². The van der Waals surface area contributed by atoms with Gasteiger partial charge in [-0.2, -0.15) is 0 Å². The van der Waals surface area contributed by atoms with E-state index in [9.17, 15) is 0 Å². The number of unbranched alkanes of at least 4 members (excludes halogenated alkanes) is 22. The minimum Gasteiger partial charge on any atom is -0.494 e. The number of nitrogens with zero attached hydrogens (tertiary/aromatic N) is 2. The first-order valence-corrected chi connectivity index (χ1v) is 22.4. The minimum absolute atomic E-state index is 0.519. The molecule has 0 fully saturated rings. The molecular weight excluding hydrogens is 677 g/mol. The second kappa shape index (κ2) is 25.3. The SMILES string of the molecule is CCCCCCCCCCCCCCOc1ccc2cc(-c3nnc(-c4ccc5cc(OCCCCCCCCCCCCCC)ccc5c4)o3)ccc2c1. The number of ether oxygens (including phenoxy) is 2. The molecular formula is C50H70N2O3. The van der Waals surface area contributed by atoms with Crippen LogP contribution >= 0.6 is 0 Å². The maximum Gasteiger partial charge on any atom is 0.248 e. The molecule has 0 spiro atoms. The van der Waals surface area contributed by atoms with Crippen LogP contribution in [0.2, 0.25) is 0 Å². The zero-order valence-corrected chi connectivity index (χ0v) is 34.4. The molecule has 5 aromatic rings. The molecule has 5 nitrogen and oxygen atoms in total. The van der Waals surface area contributed by atoms with Crippen LogP contribution in [-0.4, -0.2) is 23.4 Å². The van der Waals surface area contributed by atoms with Gasteiger partial charge in [-0.05, 0) is 82.9 Å². The fraction of sp³-hybridized carbons (Fsp3) is 0.560. The van der Waals surface area contributed by atoms with E-state index in [2.05, 4.69) is 84.7 Å². The largest absolute Gasteiger partial charge is 0.494 e. The van der Waals surface area contributed by atoms with Gasteiger partial charge in [0, 0.05) is 11.1 Å². The van der Waals surface area contributed by atoms with Crippen molar-refractivity contribution in [2.75, 3.05) is 13.2 Å². The molecule has 0 bridgehead atoms. The van der Waals surface area contributed by atoms with Gasteiger partial charge < -0.3 is 13.9 Å². The zero-order valence-electron chi connectivity index (χ0n) is 34.4. The van der Waals surface area contributed by atoms with Crippen LogP contribution in [0.4, 0.5) is 0 Å². The summed E-state index contributed by atoms with van der Waals surface area (Å²) in [5.74, 6) is 2.90. The summed E-state index contributed by atoms with van der Waals surface area (Å²) in [7, 11) is 0. The molecule has 0 unspecified atom stereocenters. The Kier molecular flexibility index (Phi) is 19.5. The van der Waals surface area contributed by atoms with Gasteiger partial charge in [-0.15, -0.1) is 10.2 Å². The standard InChI is InChI=1S/C50H70N2O3/c1-3-5-7-9-11-13-15-17-19-21-23-25-35-53-47-33-31-41-37-45(29-27-43(41)39-47)49-51-52-50(55-49)46-30-28-44-40-48(34-32-42(44)38-46)54-36-26-24-22-20-18-16-14-12-10-8-6-4-2/h27-34,37-40H,3-26,35-36H2,1-2H3. The fourth-order valence-electron chi connectivity index (χ4n) is 7.62. The lowest BCUT2D eigenvalue weighted by atomic mass is 10.1. The maximum absolute atomic E-state index is 6.19. The topological polar surface area (TPSA) is 57.4 Å². The molecule has 0 aliphatic rings. The first-order valence-electron chi connectivity index (χ1n) is 22.4. The van der Waals surface area contributed by atoms with Gasteiger partial charge in [0.2, 0.25) is 11.8 Å². The second-order valence-corrected chi connectivity index (χ2v) is 15.8. The lowest BCUT2D eigenvalue weighted by molar-refractivity contribution is 0.304. The van der Waals surface area contributed by atoms with Gasteiger partial charge in [-0.3, -0.25) is 0 Å². The van der Waals surface area contributed by atoms with Crippen LogP contribution in [-0.2, 0) is 0 Å². The highest BCUT2D eigenvalue weighted by atomic mass is 16.5. The van der Waals surface area contributed by atoms with E-state index in [4.69, 9.17) is 13.9 Å². The monoisotopic (exact) mass is 747 g/mol. The van der Waals surface area contributed by atoms with E-state index >= 15 is 0 Å². The van der Waals surface area contributed by atoms with E-state index in [-0.39, 0.29) is 0 Å². The molecule has 0 saturated carbocycles. The van der Waals surface area contributed by atoms with Crippen LogP contribution in [0.25, 0.3) is 44.5 Å². The van der Waals surface area contributed by atoms with Crippen molar-refractivity contribution in [1.82, 2.24) is 10.2 Å². The smallest absolute Gasteiger partial charge is 0.248 e. The van der Waals surface area contributed by atoms with Crippen LogP contribution in [0.15, 0.2) is 77.2 Å². The Balaban J connectivity index is 0.993. The van der Waals surface area contributed by atoms with Crippen LogP contribution in [0, 0.1) is 0 Å². The number of rotatable bonds is 30. The average molecular weight is 747 g/mol. The fourth-order valence-corrected chi connectivity index (χ4v) is 7.62. The first kappa shape index (κ1) is 42.3. The van der Waals surface area contributed by atoms with Gasteiger partial charge in [0.25, 0.3) is 0 Å². The molecule has 55 heavy (non-hydrogen) atoms. The van der Waals surface area contributed by atoms with Crippen molar-refractivity contribution in [2.24, 2.45) is 0 Å². The first-order chi connectivity index (χ1) is 27.2. The van der Waals surface area contributed by atoms with E-state index in [0.29, 0.717) is 11.8 Å². The van der Waals surface area contributed by atoms with Crippen molar-refractivity contribution in [2.45, 2.75) is 168 Å². The number of benzene rings is 4. The summed E-state index contributed by atoms with van der Waals surface area (Å²) in [4.78, 5) is 0. The highest BCUT2D eigenvalue weighted by molar-refractivity contribution is 5.88. The third-order valence-electron chi connectivity index (χ3n) is 11.1. The Morgan fingerprint density at radius 3 is 1.04 bits per heavy atom. The summed E-state index contributed by atoms with van der Waals surface area (Å²) in [6.45, 7) is 6.12. The van der Waals surface area contributed by atoms with E-state index in [1.165, 1.54) is 141 Å². The molecule has 0 aliphatic carbocycles. The van der Waals surface area contributed by atoms with Crippen molar-refractivity contribution in [1.29, 1.82) is 0 Å². The molecule has 0 amide bonds. The number of aromatic nitrogens is 2. The Labute approximate surface area is 333 Å². The predicted molar refractivity (Wildman–Crippen MR) is 233 cm³/mol. The van der Waals surface area contributed by atoms with E-state index < -0.39 is 0 Å². The van der Waals surface area contributed by atoms with Crippen molar-refractivity contribution >= 4 is 21.5 Å². The average Bonchev–Trinajstić information content (AvgIpc) is 3.71. The summed E-state index contributed by atoms with van der Waals surface area (Å²) in [5.41, 5.74) is 1.82. The molecule has 1 heterocycles. The van der Waals surface area contributed by atoms with Crippen LogP contribution in [0.5, 0.6) is 11.5 Å². The van der Waals surface area contributed by atoms with Gasteiger partial charge in [0.1, 0.15) is 11.5 Å². The highest BCUT2D eigenvalue weighted by Crippen LogP contribution is 2.31. The Morgan fingerprint density at radius 1 is 0.364 bits per heavy atom. The Hall–Kier alpha value is -3.86. The molecule has 0 radical (unpaired) electrons. The van der Waals surface area contributed by atoms with Gasteiger partial charge in [0.05, 0.1) is 13.2 Å². The molecule has 5 heteroatoms. The predicted octanol–water partition coefficient (Wildman–Crippen LogP) is 15.9. The van der Waals surface area contributed by atoms with Crippen molar-refractivity contribution in [3.05, 3.63) is 72.8 Å². The molecule has 5 rings (SSSR count). The molecule has 298 valence electrons. The van der Waals surface area contributed by atoms with Gasteiger partial charge in [-0.25, -0.2) is 0 Å². The van der Waals surface area contributed by atoms with Crippen LogP contribution in [0.1, 0.15) is 168 Å². The quantitative estimate of drug-likeness (QED) is 0.0438. The lowest BCUT2D eigenvalue weighted by Gasteiger charge is -2.08. The van der Waals surface area contributed by atoms with E-state index in [1.54, 1.807) is 0 Å². The molecule has 0 aliphatic heterocycles. The summed E-state index contributed by atoms with van der Waals surface area (Å²) < 4.78 is 18.4. The maximum atomic E-state index is 6.19. The number of hydrogen-bond donors (Lipinski definition) is 0. The normalized spacial score (nSPS) is 11.5. The minimum atomic E-state index is 0.519.